The predicted octanol–water partition coefficient (Wildman–Crippen LogP) is 10.3. The largest absolute Gasteiger partial charge is 0.472 e. The van der Waals surface area contributed by atoms with Crippen LogP contribution in [0.3, 0.4) is 0 Å². The van der Waals surface area contributed by atoms with Crippen LogP contribution in [0.1, 0.15) is 181 Å². The third kappa shape index (κ3) is 41.2. The molecule has 0 heterocycles. The summed E-state index contributed by atoms with van der Waals surface area (Å²) in [7, 11) is -4.68. The molecule has 0 aliphatic heterocycles. The molecular formula is C47H85O12P. The molecule has 0 aromatic rings. The first-order valence-corrected chi connectivity index (χ1v) is 24.7. The van der Waals surface area contributed by atoms with Gasteiger partial charge < -0.3 is 34.8 Å². The molecule has 13 heteroatoms. The fourth-order valence-electron chi connectivity index (χ4n) is 6.22. The summed E-state index contributed by atoms with van der Waals surface area (Å²) in [6.45, 7) is 4.37. The summed E-state index contributed by atoms with van der Waals surface area (Å²) >= 11 is 0. The van der Waals surface area contributed by atoms with E-state index in [9.17, 15) is 34.4 Å². The molecule has 0 saturated heterocycles. The van der Waals surface area contributed by atoms with Gasteiger partial charge >= 0.3 is 19.8 Å². The predicted molar refractivity (Wildman–Crippen MR) is 240 cm³/mol. The number of rotatable bonds is 42. The van der Waals surface area contributed by atoms with E-state index in [1.54, 1.807) is 18.2 Å². The van der Waals surface area contributed by atoms with Crippen LogP contribution in [-0.4, -0.2) is 88.1 Å². The number of aliphatic hydroxyl groups is 4. The first-order valence-electron chi connectivity index (χ1n) is 23.2. The SMILES string of the molecule is CCCCC[C@H](O)/C=C/C=C\C/C=C\C=C\[C@H](O)CCCC(=O)OC[C@H](COP(=O)(O)OC[C@@H](O)CO)OC(=O)CCCCCCCCCCCCCCCCCC(C)C. The lowest BCUT2D eigenvalue weighted by Crippen LogP contribution is -2.30. The maximum atomic E-state index is 12.6. The van der Waals surface area contributed by atoms with E-state index in [2.05, 4.69) is 25.3 Å². The maximum Gasteiger partial charge on any atom is 0.472 e. The number of carbonyl (C=O) groups is 2. The van der Waals surface area contributed by atoms with Gasteiger partial charge in [0.25, 0.3) is 0 Å². The molecule has 0 spiro atoms. The van der Waals surface area contributed by atoms with Crippen molar-refractivity contribution in [2.75, 3.05) is 26.4 Å². The quantitative estimate of drug-likeness (QED) is 0.0169. The number of hydrogen-bond donors (Lipinski definition) is 5. The zero-order chi connectivity index (χ0) is 44.5. The van der Waals surface area contributed by atoms with Crippen LogP contribution in [0.4, 0.5) is 0 Å². The molecule has 0 aromatic heterocycles. The Bertz CT molecular complexity index is 1190. The van der Waals surface area contributed by atoms with Crippen LogP contribution in [-0.2, 0) is 32.7 Å². The molecular weight excluding hydrogens is 787 g/mol. The lowest BCUT2D eigenvalue weighted by atomic mass is 10.0. The number of aliphatic hydroxyl groups excluding tert-OH is 4. The molecule has 0 rings (SSSR count). The number of phosphoric ester groups is 1. The van der Waals surface area contributed by atoms with Crippen molar-refractivity contribution in [3.05, 3.63) is 48.6 Å². The Hall–Kier alpha value is -2.15. The van der Waals surface area contributed by atoms with Crippen molar-refractivity contribution >= 4 is 19.8 Å². The third-order valence-electron chi connectivity index (χ3n) is 9.87. The van der Waals surface area contributed by atoms with Crippen molar-refractivity contribution in [2.45, 2.75) is 206 Å². The topological polar surface area (TPSA) is 189 Å². The monoisotopic (exact) mass is 873 g/mol. The number of unbranched alkanes of at least 4 members (excludes halogenated alkanes) is 16. The van der Waals surface area contributed by atoms with Crippen molar-refractivity contribution < 1.29 is 58.0 Å². The minimum Gasteiger partial charge on any atom is -0.462 e. The summed E-state index contributed by atoms with van der Waals surface area (Å²) in [6, 6.07) is 0. The number of ether oxygens (including phenoxy) is 2. The Balaban J connectivity index is 4.46. The molecule has 60 heavy (non-hydrogen) atoms. The van der Waals surface area contributed by atoms with Gasteiger partial charge in [0.05, 0.1) is 32.0 Å². The minimum absolute atomic E-state index is 0.00664. The third-order valence-corrected chi connectivity index (χ3v) is 10.8. The summed E-state index contributed by atoms with van der Waals surface area (Å²) in [6.07, 6.45) is 35.8. The minimum atomic E-state index is -4.68. The Morgan fingerprint density at radius 1 is 0.583 bits per heavy atom. The van der Waals surface area contributed by atoms with Crippen LogP contribution in [0.25, 0.3) is 0 Å². The van der Waals surface area contributed by atoms with E-state index in [-0.39, 0.29) is 12.8 Å². The van der Waals surface area contributed by atoms with E-state index in [0.717, 1.165) is 50.9 Å². The average Bonchev–Trinajstić information content (AvgIpc) is 3.21. The van der Waals surface area contributed by atoms with Gasteiger partial charge in [-0.2, -0.15) is 0 Å². The summed E-state index contributed by atoms with van der Waals surface area (Å²) in [5.74, 6) is -0.334. The van der Waals surface area contributed by atoms with Crippen LogP contribution in [0, 0.1) is 5.92 Å². The zero-order valence-corrected chi connectivity index (χ0v) is 38.4. The van der Waals surface area contributed by atoms with Crippen molar-refractivity contribution in [2.24, 2.45) is 5.92 Å². The number of esters is 2. The van der Waals surface area contributed by atoms with Gasteiger partial charge in [0, 0.05) is 12.8 Å². The van der Waals surface area contributed by atoms with Gasteiger partial charge in [0.2, 0.25) is 0 Å². The molecule has 1 unspecified atom stereocenters. The van der Waals surface area contributed by atoms with E-state index in [4.69, 9.17) is 19.1 Å². The van der Waals surface area contributed by atoms with Crippen molar-refractivity contribution in [3.8, 4) is 0 Å². The second-order valence-electron chi connectivity index (χ2n) is 16.3. The van der Waals surface area contributed by atoms with Crippen LogP contribution < -0.4 is 0 Å². The highest BCUT2D eigenvalue weighted by Crippen LogP contribution is 2.43. The number of carbonyl (C=O) groups excluding carboxylic acids is 2. The van der Waals surface area contributed by atoms with E-state index < -0.39 is 70.6 Å². The first-order chi connectivity index (χ1) is 28.9. The molecule has 0 aromatic carbocycles. The fourth-order valence-corrected chi connectivity index (χ4v) is 7.01. The summed E-state index contributed by atoms with van der Waals surface area (Å²) in [5.41, 5.74) is 0. The Morgan fingerprint density at radius 3 is 1.57 bits per heavy atom. The highest BCUT2D eigenvalue weighted by Gasteiger charge is 2.27. The lowest BCUT2D eigenvalue weighted by Gasteiger charge is -2.20. The Kier molecular flexibility index (Phi) is 39.4. The van der Waals surface area contributed by atoms with Crippen molar-refractivity contribution in [1.29, 1.82) is 0 Å². The molecule has 0 bridgehead atoms. The highest BCUT2D eigenvalue weighted by atomic mass is 31.2. The molecule has 0 saturated carbocycles. The van der Waals surface area contributed by atoms with Crippen LogP contribution in [0.15, 0.2) is 48.6 Å². The number of hydrogen-bond acceptors (Lipinski definition) is 11. The lowest BCUT2D eigenvalue weighted by molar-refractivity contribution is -0.161. The Morgan fingerprint density at radius 2 is 1.05 bits per heavy atom. The summed E-state index contributed by atoms with van der Waals surface area (Å²) in [5, 5.41) is 38.5. The van der Waals surface area contributed by atoms with Gasteiger partial charge in [-0.3, -0.25) is 18.6 Å². The number of allylic oxidation sites excluding steroid dienone is 6. The summed E-state index contributed by atoms with van der Waals surface area (Å²) in [4.78, 5) is 35.1. The first kappa shape index (κ1) is 57.9. The van der Waals surface area contributed by atoms with Crippen LogP contribution >= 0.6 is 7.82 Å². The van der Waals surface area contributed by atoms with Crippen LogP contribution in [0.2, 0.25) is 0 Å². The second-order valence-corrected chi connectivity index (χ2v) is 17.8. The molecule has 0 fully saturated rings. The highest BCUT2D eigenvalue weighted by molar-refractivity contribution is 7.47. The smallest absolute Gasteiger partial charge is 0.462 e. The van der Waals surface area contributed by atoms with Gasteiger partial charge in [-0.15, -0.1) is 0 Å². The molecule has 0 aliphatic rings. The van der Waals surface area contributed by atoms with Crippen LogP contribution in [0.5, 0.6) is 0 Å². The van der Waals surface area contributed by atoms with Gasteiger partial charge in [-0.1, -0.05) is 185 Å². The number of phosphoric acid groups is 1. The van der Waals surface area contributed by atoms with Gasteiger partial charge in [0.1, 0.15) is 12.7 Å². The van der Waals surface area contributed by atoms with Gasteiger partial charge in [-0.05, 0) is 38.0 Å². The zero-order valence-electron chi connectivity index (χ0n) is 37.6. The molecule has 350 valence electrons. The Labute approximate surface area is 363 Å². The van der Waals surface area contributed by atoms with Gasteiger partial charge in [0.15, 0.2) is 6.10 Å². The van der Waals surface area contributed by atoms with E-state index in [1.807, 2.05) is 30.4 Å². The molecule has 0 amide bonds. The van der Waals surface area contributed by atoms with E-state index >= 15 is 0 Å². The fraction of sp³-hybridized carbons (Fsp3) is 0.787. The normalized spacial score (nSPS) is 15.3. The molecule has 0 radical (unpaired) electrons. The standard InChI is InChI=1S/C47H85O12P/c1-4-5-24-31-42(49)32-26-21-17-15-18-22-27-33-43(50)34-29-36-46(52)56-39-45(40-58-60(54,55)57-38-44(51)37-48)59-47(53)35-28-23-19-14-12-10-8-6-7-9-11-13-16-20-25-30-41(2)3/h17-18,21-22,26-27,32-33,41-45,48-51H,4-16,19-20,23-25,28-31,34-40H2,1-3H3,(H,54,55)/b21-17-,22-18-,32-26+,33-27+/t42-,43-,44-,45+/m0/s1. The van der Waals surface area contributed by atoms with Crippen molar-refractivity contribution in [3.63, 3.8) is 0 Å². The van der Waals surface area contributed by atoms with E-state index in [0.29, 0.717) is 25.7 Å². The molecule has 0 aliphatic carbocycles. The maximum absolute atomic E-state index is 12.6. The molecule has 5 N–H and O–H groups in total. The van der Waals surface area contributed by atoms with E-state index in [1.165, 1.54) is 77.0 Å². The second kappa shape index (κ2) is 40.9. The average molecular weight is 873 g/mol. The van der Waals surface area contributed by atoms with Gasteiger partial charge in [-0.25, -0.2) is 4.57 Å². The van der Waals surface area contributed by atoms with Crippen molar-refractivity contribution in [1.82, 2.24) is 0 Å². The summed E-state index contributed by atoms with van der Waals surface area (Å²) < 4.78 is 32.6. The molecule has 12 nitrogen and oxygen atoms in total. The molecule has 5 atom stereocenters.